The number of aliphatic hydroxyl groups is 1. The number of hydrogen-bond acceptors (Lipinski definition) is 6. The molecule has 1 amide bonds. The average molecular weight is 598 g/mol. The number of anilines is 1. The third-order valence-corrected chi connectivity index (χ3v) is 6.62. The molecule has 0 unspecified atom stereocenters. The van der Waals surface area contributed by atoms with Gasteiger partial charge >= 0.3 is 6.18 Å². The molecular formula is C28H31F4N3O5S. The summed E-state index contributed by atoms with van der Waals surface area (Å²) in [6.07, 6.45) is -4.22. The van der Waals surface area contributed by atoms with Gasteiger partial charge in [-0.15, -0.1) is 0 Å². The van der Waals surface area contributed by atoms with Gasteiger partial charge in [0.2, 0.25) is 15.9 Å². The van der Waals surface area contributed by atoms with E-state index in [0.717, 1.165) is 24.0 Å². The normalized spacial score (nSPS) is 13.4. The first-order chi connectivity index (χ1) is 19.1. The number of alkyl halides is 3. The van der Waals surface area contributed by atoms with E-state index in [1.165, 1.54) is 18.2 Å². The Morgan fingerprint density at radius 2 is 1.71 bits per heavy atom. The van der Waals surface area contributed by atoms with Crippen molar-refractivity contribution in [2.45, 2.75) is 44.6 Å². The first-order valence-corrected chi connectivity index (χ1v) is 14.4. The molecule has 3 aromatic carbocycles. The number of hydrogen-bond donors (Lipinski definition) is 5. The van der Waals surface area contributed by atoms with Crippen LogP contribution in [0.25, 0.3) is 0 Å². The van der Waals surface area contributed by atoms with Gasteiger partial charge in [0.15, 0.2) is 0 Å². The Bertz CT molecular complexity index is 1480. The van der Waals surface area contributed by atoms with E-state index in [2.05, 4.69) is 15.4 Å². The SMILES string of the molecule is C[C@H](Cc1cccc(CC(=O)NCc2cc(F)cc(C(F)(F)F)c2)c1)NC[C@@H](O)c1ccc(O)c(NS(C)(=O)=O)c1. The van der Waals surface area contributed by atoms with Crippen molar-refractivity contribution in [2.24, 2.45) is 0 Å². The predicted octanol–water partition coefficient (Wildman–Crippen LogP) is 4.03. The third-order valence-electron chi connectivity index (χ3n) is 6.03. The van der Waals surface area contributed by atoms with Crippen molar-refractivity contribution in [1.82, 2.24) is 10.6 Å². The van der Waals surface area contributed by atoms with Crippen molar-refractivity contribution in [2.75, 3.05) is 17.5 Å². The number of benzene rings is 3. The lowest BCUT2D eigenvalue weighted by molar-refractivity contribution is -0.137. The molecule has 13 heteroatoms. The smallest absolute Gasteiger partial charge is 0.416 e. The molecule has 0 aliphatic heterocycles. The Balaban J connectivity index is 1.52. The first-order valence-electron chi connectivity index (χ1n) is 12.5. The Hall–Kier alpha value is -3.68. The molecule has 0 heterocycles. The quantitative estimate of drug-likeness (QED) is 0.159. The van der Waals surface area contributed by atoms with Crippen LogP contribution in [0.15, 0.2) is 60.7 Å². The molecule has 0 bridgehead atoms. The van der Waals surface area contributed by atoms with Gasteiger partial charge in [0.05, 0.1) is 30.0 Å². The van der Waals surface area contributed by atoms with Crippen LogP contribution in [-0.2, 0) is 40.4 Å². The van der Waals surface area contributed by atoms with E-state index in [4.69, 9.17) is 0 Å². The maximum Gasteiger partial charge on any atom is 0.416 e. The van der Waals surface area contributed by atoms with E-state index in [9.17, 15) is 41.0 Å². The van der Waals surface area contributed by atoms with Gasteiger partial charge in [-0.2, -0.15) is 13.2 Å². The minimum Gasteiger partial charge on any atom is -0.506 e. The lowest BCUT2D eigenvalue weighted by Crippen LogP contribution is -2.32. The second-order valence-electron chi connectivity index (χ2n) is 9.80. The molecule has 2 atom stereocenters. The second-order valence-corrected chi connectivity index (χ2v) is 11.5. The fourth-order valence-corrected chi connectivity index (χ4v) is 4.69. The average Bonchev–Trinajstić information content (AvgIpc) is 2.86. The van der Waals surface area contributed by atoms with Crippen LogP contribution in [0.4, 0.5) is 23.2 Å². The molecule has 222 valence electrons. The third kappa shape index (κ3) is 10.3. The van der Waals surface area contributed by atoms with E-state index in [-0.39, 0.29) is 42.6 Å². The summed E-state index contributed by atoms with van der Waals surface area (Å²) in [6.45, 7) is 1.78. The number of aromatic hydroxyl groups is 1. The summed E-state index contributed by atoms with van der Waals surface area (Å²) >= 11 is 0. The van der Waals surface area contributed by atoms with Gasteiger partial charge in [0.25, 0.3) is 0 Å². The van der Waals surface area contributed by atoms with Crippen LogP contribution >= 0.6 is 0 Å². The summed E-state index contributed by atoms with van der Waals surface area (Å²) in [5.41, 5.74) is 0.805. The summed E-state index contributed by atoms with van der Waals surface area (Å²) < 4.78 is 77.5. The molecule has 0 aromatic heterocycles. The predicted molar refractivity (Wildman–Crippen MR) is 146 cm³/mol. The van der Waals surface area contributed by atoms with E-state index < -0.39 is 39.6 Å². The molecule has 8 nitrogen and oxygen atoms in total. The minimum atomic E-state index is -4.70. The highest BCUT2D eigenvalue weighted by Gasteiger charge is 2.31. The Kier molecular flexibility index (Phi) is 10.3. The zero-order valence-corrected chi connectivity index (χ0v) is 23.1. The topological polar surface area (TPSA) is 128 Å². The summed E-state index contributed by atoms with van der Waals surface area (Å²) in [4.78, 5) is 12.4. The van der Waals surface area contributed by atoms with Crippen LogP contribution in [0.5, 0.6) is 5.75 Å². The number of phenols is 1. The number of rotatable bonds is 12. The molecule has 0 saturated heterocycles. The van der Waals surface area contributed by atoms with Crippen LogP contribution in [0.3, 0.4) is 0 Å². The molecule has 41 heavy (non-hydrogen) atoms. The molecule has 5 N–H and O–H groups in total. The number of carbonyl (C=O) groups is 1. The van der Waals surface area contributed by atoms with Crippen molar-refractivity contribution in [3.8, 4) is 5.75 Å². The van der Waals surface area contributed by atoms with Gasteiger partial charge in [-0.1, -0.05) is 30.3 Å². The van der Waals surface area contributed by atoms with Crippen molar-refractivity contribution in [1.29, 1.82) is 0 Å². The number of nitrogens with one attached hydrogen (secondary N) is 3. The van der Waals surface area contributed by atoms with Gasteiger partial charge in [0, 0.05) is 19.1 Å². The molecule has 0 aliphatic carbocycles. The van der Waals surface area contributed by atoms with Crippen molar-refractivity contribution in [3.05, 3.63) is 94.3 Å². The number of carbonyl (C=O) groups excluding carboxylic acids is 1. The largest absolute Gasteiger partial charge is 0.506 e. The standard InChI is InChI=1S/C28H31F4N3O5S/c1-17(33-16-26(37)21-6-7-25(36)24(13-21)35-41(2,39)40)8-18-4-3-5-19(9-18)12-27(38)34-15-20-10-22(28(30,31)32)14-23(29)11-20/h3-7,9-11,13-14,17,26,33,35-37H,8,12,15-16H2,1-2H3,(H,34,38)/t17-,26-/m1/s1. The van der Waals surface area contributed by atoms with Gasteiger partial charge in [-0.3, -0.25) is 9.52 Å². The zero-order chi connectivity index (χ0) is 30.4. The van der Waals surface area contributed by atoms with E-state index in [1.807, 2.05) is 19.1 Å². The second kappa shape index (κ2) is 13.3. The lowest BCUT2D eigenvalue weighted by atomic mass is 10.0. The molecular weight excluding hydrogens is 566 g/mol. The number of amides is 1. The van der Waals surface area contributed by atoms with Crippen LogP contribution < -0.4 is 15.4 Å². The van der Waals surface area contributed by atoms with Gasteiger partial charge in [-0.25, -0.2) is 12.8 Å². The summed E-state index contributed by atoms with van der Waals surface area (Å²) in [6, 6.07) is 13.4. The maximum absolute atomic E-state index is 13.6. The number of aliphatic hydroxyl groups excluding tert-OH is 1. The Morgan fingerprint density at radius 1 is 1.00 bits per heavy atom. The van der Waals surface area contributed by atoms with Crippen molar-refractivity contribution < 1.29 is 41.0 Å². The maximum atomic E-state index is 13.6. The first kappa shape index (κ1) is 31.8. The molecule has 3 aromatic rings. The highest BCUT2D eigenvalue weighted by Crippen LogP contribution is 2.30. The van der Waals surface area contributed by atoms with E-state index in [0.29, 0.717) is 23.6 Å². The number of halogens is 4. The van der Waals surface area contributed by atoms with Gasteiger partial charge < -0.3 is 20.8 Å². The fraction of sp³-hybridized carbons (Fsp3) is 0.321. The minimum absolute atomic E-state index is 0.00306. The van der Waals surface area contributed by atoms with Crippen LogP contribution in [0, 0.1) is 5.82 Å². The van der Waals surface area contributed by atoms with E-state index in [1.54, 1.807) is 12.1 Å². The van der Waals surface area contributed by atoms with Gasteiger partial charge in [-0.05, 0) is 65.9 Å². The Morgan fingerprint density at radius 3 is 2.39 bits per heavy atom. The van der Waals surface area contributed by atoms with E-state index >= 15 is 0 Å². The van der Waals surface area contributed by atoms with Crippen molar-refractivity contribution >= 4 is 21.6 Å². The molecule has 0 saturated carbocycles. The molecule has 0 spiro atoms. The summed E-state index contributed by atoms with van der Waals surface area (Å²) in [7, 11) is -3.62. The number of sulfonamides is 1. The fourth-order valence-electron chi connectivity index (χ4n) is 4.13. The highest BCUT2D eigenvalue weighted by atomic mass is 32.2. The lowest BCUT2D eigenvalue weighted by Gasteiger charge is -2.19. The molecule has 0 radical (unpaired) electrons. The molecule has 3 rings (SSSR count). The molecule has 0 fully saturated rings. The summed E-state index contributed by atoms with van der Waals surface area (Å²) in [5.74, 6) is -1.75. The monoisotopic (exact) mass is 597 g/mol. The summed E-state index contributed by atoms with van der Waals surface area (Å²) in [5, 5.41) is 26.1. The van der Waals surface area contributed by atoms with Crippen molar-refractivity contribution in [3.63, 3.8) is 0 Å². The highest BCUT2D eigenvalue weighted by molar-refractivity contribution is 7.92. The number of phenolic OH excluding ortho intramolecular Hbond substituents is 1. The van der Waals surface area contributed by atoms with Crippen LogP contribution in [0.1, 0.15) is 40.8 Å². The Labute approximate surface area is 235 Å². The zero-order valence-electron chi connectivity index (χ0n) is 22.3. The molecule has 0 aliphatic rings. The van der Waals surface area contributed by atoms with Crippen LogP contribution in [0.2, 0.25) is 0 Å². The van der Waals surface area contributed by atoms with Crippen LogP contribution in [-0.4, -0.2) is 43.4 Å². The van der Waals surface area contributed by atoms with Gasteiger partial charge in [0.1, 0.15) is 11.6 Å².